The number of carbonyl (C=O) groups is 1. The molecule has 1 spiro atoms. The first kappa shape index (κ1) is 21.6. The number of nitrogens with zero attached hydrogens (tertiary/aromatic N) is 1. The molecule has 1 amide bonds. The lowest BCUT2D eigenvalue weighted by Gasteiger charge is -2.38. The van der Waals surface area contributed by atoms with E-state index in [4.69, 9.17) is 0 Å². The van der Waals surface area contributed by atoms with Gasteiger partial charge in [-0.05, 0) is 37.6 Å². The molecule has 0 aliphatic carbocycles. The molecule has 2 unspecified atom stereocenters. The number of fused-ring (bicyclic) bond motifs is 1. The Morgan fingerprint density at radius 1 is 1.23 bits per heavy atom. The standard InChI is InChI=1S/C22H29N3O3S2/c1-3-16(2)23-21(26)19-15-29-22(24-19)11-13-25(14-12-22)30(27,28)20-10-6-8-17-7-4-5-9-18(17)20/h4-10,16,19,24H,3,11-15H2,1-2H3,(H,23,26). The lowest BCUT2D eigenvalue weighted by Crippen LogP contribution is -2.55. The van der Waals surface area contributed by atoms with Crippen LogP contribution in [0.4, 0.5) is 0 Å². The number of hydrogen-bond acceptors (Lipinski definition) is 5. The third-order valence-corrected chi connectivity index (χ3v) is 9.71. The highest BCUT2D eigenvalue weighted by atomic mass is 32.2. The highest BCUT2D eigenvalue weighted by Crippen LogP contribution is 2.40. The third-order valence-electron chi connectivity index (χ3n) is 6.18. The van der Waals surface area contributed by atoms with E-state index in [0.29, 0.717) is 30.8 Å². The normalized spacial score (nSPS) is 22.9. The van der Waals surface area contributed by atoms with E-state index >= 15 is 0 Å². The topological polar surface area (TPSA) is 78.5 Å². The molecule has 0 saturated carbocycles. The SMILES string of the molecule is CCC(C)NC(=O)C1CSC2(CCN(S(=O)(=O)c3cccc4ccccc34)CC2)N1. The van der Waals surface area contributed by atoms with Crippen molar-refractivity contribution in [3.05, 3.63) is 42.5 Å². The minimum absolute atomic E-state index is 0.0412. The number of hydrogen-bond donors (Lipinski definition) is 2. The van der Waals surface area contributed by atoms with Crippen molar-refractivity contribution in [3.8, 4) is 0 Å². The van der Waals surface area contributed by atoms with Crippen LogP contribution in [0.15, 0.2) is 47.4 Å². The van der Waals surface area contributed by atoms with Gasteiger partial charge in [-0.1, -0.05) is 43.3 Å². The Morgan fingerprint density at radius 2 is 1.93 bits per heavy atom. The zero-order chi connectivity index (χ0) is 21.4. The van der Waals surface area contributed by atoms with E-state index in [1.165, 1.54) is 0 Å². The molecule has 2 aromatic rings. The average molecular weight is 448 g/mol. The molecule has 4 rings (SSSR count). The fourth-order valence-corrected chi connectivity index (χ4v) is 7.24. The second-order valence-corrected chi connectivity index (χ2v) is 11.5. The van der Waals surface area contributed by atoms with Crippen molar-refractivity contribution in [2.24, 2.45) is 0 Å². The monoisotopic (exact) mass is 447 g/mol. The Hall–Kier alpha value is -1.61. The quantitative estimate of drug-likeness (QED) is 0.737. The lowest BCUT2D eigenvalue weighted by molar-refractivity contribution is -0.123. The summed E-state index contributed by atoms with van der Waals surface area (Å²) < 4.78 is 28.3. The van der Waals surface area contributed by atoms with Gasteiger partial charge in [0.25, 0.3) is 0 Å². The maximum atomic E-state index is 13.4. The van der Waals surface area contributed by atoms with Gasteiger partial charge in [0.15, 0.2) is 0 Å². The fraction of sp³-hybridized carbons (Fsp3) is 0.500. The predicted octanol–water partition coefficient (Wildman–Crippen LogP) is 2.94. The molecule has 2 aliphatic heterocycles. The third kappa shape index (κ3) is 4.10. The van der Waals surface area contributed by atoms with Gasteiger partial charge in [-0.3, -0.25) is 10.1 Å². The van der Waals surface area contributed by atoms with Crippen LogP contribution >= 0.6 is 11.8 Å². The van der Waals surface area contributed by atoms with E-state index in [1.807, 2.05) is 37.3 Å². The molecule has 2 aromatic carbocycles. The van der Waals surface area contributed by atoms with Crippen molar-refractivity contribution in [2.45, 2.75) is 55.0 Å². The lowest BCUT2D eigenvalue weighted by atomic mass is 10.0. The van der Waals surface area contributed by atoms with Crippen LogP contribution in [0.3, 0.4) is 0 Å². The average Bonchev–Trinajstić information content (AvgIpc) is 3.17. The molecule has 162 valence electrons. The number of carbonyl (C=O) groups excluding carboxylic acids is 1. The number of nitrogens with one attached hydrogen (secondary N) is 2. The minimum Gasteiger partial charge on any atom is -0.352 e. The molecular weight excluding hydrogens is 418 g/mol. The van der Waals surface area contributed by atoms with Crippen LogP contribution in [0.25, 0.3) is 10.8 Å². The Kier molecular flexibility index (Phi) is 6.12. The van der Waals surface area contributed by atoms with Gasteiger partial charge in [0, 0.05) is 30.3 Å². The van der Waals surface area contributed by atoms with E-state index < -0.39 is 10.0 Å². The molecule has 2 saturated heterocycles. The van der Waals surface area contributed by atoms with Crippen LogP contribution in [0.2, 0.25) is 0 Å². The van der Waals surface area contributed by atoms with Crippen molar-refractivity contribution < 1.29 is 13.2 Å². The Balaban J connectivity index is 1.45. The molecule has 2 N–H and O–H groups in total. The van der Waals surface area contributed by atoms with E-state index in [-0.39, 0.29) is 22.9 Å². The summed E-state index contributed by atoms with van der Waals surface area (Å²) in [5.41, 5.74) is 0. The zero-order valence-electron chi connectivity index (χ0n) is 17.4. The second kappa shape index (κ2) is 8.49. The first-order valence-corrected chi connectivity index (χ1v) is 13.0. The predicted molar refractivity (Wildman–Crippen MR) is 122 cm³/mol. The first-order valence-electron chi connectivity index (χ1n) is 10.5. The minimum atomic E-state index is -3.57. The van der Waals surface area contributed by atoms with Crippen molar-refractivity contribution in [1.29, 1.82) is 0 Å². The summed E-state index contributed by atoms with van der Waals surface area (Å²) >= 11 is 1.75. The van der Waals surface area contributed by atoms with Crippen LogP contribution < -0.4 is 10.6 Å². The summed E-state index contributed by atoms with van der Waals surface area (Å²) in [6.07, 6.45) is 2.28. The molecular formula is C22H29N3O3S2. The summed E-state index contributed by atoms with van der Waals surface area (Å²) in [4.78, 5) is 12.6. The molecule has 6 nitrogen and oxygen atoms in total. The van der Waals surface area contributed by atoms with E-state index in [0.717, 1.165) is 22.9 Å². The molecule has 2 aliphatic rings. The Bertz CT molecular complexity index is 1030. The van der Waals surface area contributed by atoms with Gasteiger partial charge in [-0.2, -0.15) is 4.31 Å². The molecule has 30 heavy (non-hydrogen) atoms. The maximum absolute atomic E-state index is 13.4. The Labute approximate surface area is 182 Å². The van der Waals surface area contributed by atoms with E-state index in [1.54, 1.807) is 28.2 Å². The van der Waals surface area contributed by atoms with Crippen LogP contribution in [0.5, 0.6) is 0 Å². The van der Waals surface area contributed by atoms with Gasteiger partial charge in [-0.25, -0.2) is 8.42 Å². The summed E-state index contributed by atoms with van der Waals surface area (Å²) in [5, 5.41) is 8.24. The zero-order valence-corrected chi connectivity index (χ0v) is 19.1. The van der Waals surface area contributed by atoms with Gasteiger partial charge >= 0.3 is 0 Å². The van der Waals surface area contributed by atoms with Gasteiger partial charge in [0.1, 0.15) is 0 Å². The number of rotatable bonds is 5. The number of amides is 1. The summed E-state index contributed by atoms with van der Waals surface area (Å²) in [7, 11) is -3.57. The van der Waals surface area contributed by atoms with Gasteiger partial charge in [0.2, 0.25) is 15.9 Å². The largest absolute Gasteiger partial charge is 0.352 e. The van der Waals surface area contributed by atoms with Gasteiger partial charge in [-0.15, -0.1) is 11.8 Å². The number of sulfonamides is 1. The highest BCUT2D eigenvalue weighted by Gasteiger charge is 2.45. The van der Waals surface area contributed by atoms with Crippen LogP contribution in [0.1, 0.15) is 33.1 Å². The van der Waals surface area contributed by atoms with Gasteiger partial charge < -0.3 is 5.32 Å². The van der Waals surface area contributed by atoms with Crippen molar-refractivity contribution in [3.63, 3.8) is 0 Å². The number of thioether (sulfide) groups is 1. The van der Waals surface area contributed by atoms with Crippen molar-refractivity contribution in [1.82, 2.24) is 14.9 Å². The molecule has 2 heterocycles. The molecule has 8 heteroatoms. The van der Waals surface area contributed by atoms with E-state index in [9.17, 15) is 13.2 Å². The molecule has 2 fully saturated rings. The molecule has 2 atom stereocenters. The summed E-state index contributed by atoms with van der Waals surface area (Å²) in [6.45, 7) is 4.96. The van der Waals surface area contributed by atoms with Crippen LogP contribution in [0, 0.1) is 0 Å². The van der Waals surface area contributed by atoms with Crippen LogP contribution in [-0.4, -0.2) is 54.4 Å². The first-order chi connectivity index (χ1) is 14.3. The van der Waals surface area contributed by atoms with Crippen molar-refractivity contribution in [2.75, 3.05) is 18.8 Å². The van der Waals surface area contributed by atoms with Gasteiger partial charge in [0.05, 0.1) is 15.8 Å². The molecule has 0 radical (unpaired) electrons. The Morgan fingerprint density at radius 3 is 2.67 bits per heavy atom. The fourth-order valence-electron chi connectivity index (χ4n) is 4.17. The summed E-state index contributed by atoms with van der Waals surface area (Å²) in [6, 6.07) is 13.0. The molecule has 0 aromatic heterocycles. The van der Waals surface area contributed by atoms with Crippen LogP contribution in [-0.2, 0) is 14.8 Å². The number of piperidine rings is 1. The molecule has 0 bridgehead atoms. The maximum Gasteiger partial charge on any atom is 0.243 e. The number of benzene rings is 2. The van der Waals surface area contributed by atoms with Crippen molar-refractivity contribution >= 4 is 38.5 Å². The summed E-state index contributed by atoms with van der Waals surface area (Å²) in [5.74, 6) is 0.762. The second-order valence-electron chi connectivity index (χ2n) is 8.20. The smallest absolute Gasteiger partial charge is 0.243 e. The van der Waals surface area contributed by atoms with E-state index in [2.05, 4.69) is 17.6 Å². The highest BCUT2D eigenvalue weighted by molar-refractivity contribution is 8.01.